The SMILES string of the molecule is O=C(c1cc(F)cc(Br)c1)N1CCOCC1CBr. The average Bonchev–Trinajstić information content (AvgIpc) is 2.36. The van der Waals surface area contributed by atoms with E-state index >= 15 is 0 Å². The van der Waals surface area contributed by atoms with Crippen LogP contribution in [-0.2, 0) is 4.74 Å². The Morgan fingerprint density at radius 3 is 2.94 bits per heavy atom. The molecule has 1 atom stereocenters. The Balaban J connectivity index is 2.23. The fraction of sp³-hybridized carbons (Fsp3) is 0.417. The summed E-state index contributed by atoms with van der Waals surface area (Å²) in [5.74, 6) is -0.584. The van der Waals surface area contributed by atoms with E-state index in [0.717, 1.165) is 0 Å². The van der Waals surface area contributed by atoms with Gasteiger partial charge in [-0.2, -0.15) is 0 Å². The van der Waals surface area contributed by atoms with E-state index < -0.39 is 5.82 Å². The summed E-state index contributed by atoms with van der Waals surface area (Å²) in [6.45, 7) is 1.56. The first-order valence-corrected chi connectivity index (χ1v) is 7.44. The highest BCUT2D eigenvalue weighted by molar-refractivity contribution is 9.10. The van der Waals surface area contributed by atoms with Gasteiger partial charge in [-0.15, -0.1) is 0 Å². The van der Waals surface area contributed by atoms with E-state index in [1.807, 2.05) is 0 Å². The Labute approximate surface area is 122 Å². The van der Waals surface area contributed by atoms with Crippen molar-refractivity contribution in [3.8, 4) is 0 Å². The molecule has 1 aromatic rings. The second-order valence-electron chi connectivity index (χ2n) is 4.04. The van der Waals surface area contributed by atoms with Crippen molar-refractivity contribution in [2.75, 3.05) is 25.1 Å². The molecule has 18 heavy (non-hydrogen) atoms. The first kappa shape index (κ1) is 14.0. The number of benzene rings is 1. The quantitative estimate of drug-likeness (QED) is 0.738. The number of amides is 1. The monoisotopic (exact) mass is 379 g/mol. The number of nitrogens with zero attached hydrogens (tertiary/aromatic N) is 1. The van der Waals surface area contributed by atoms with E-state index in [4.69, 9.17) is 4.74 Å². The van der Waals surface area contributed by atoms with Gasteiger partial charge in [0.15, 0.2) is 0 Å². The normalized spacial score (nSPS) is 19.9. The summed E-state index contributed by atoms with van der Waals surface area (Å²) >= 11 is 6.56. The summed E-state index contributed by atoms with van der Waals surface area (Å²) < 4.78 is 19.2. The Bertz CT molecular complexity index is 435. The maximum atomic E-state index is 13.3. The number of hydrogen-bond acceptors (Lipinski definition) is 2. The molecule has 1 fully saturated rings. The summed E-state index contributed by atoms with van der Waals surface area (Å²) in [4.78, 5) is 14.1. The molecule has 0 aliphatic carbocycles. The summed E-state index contributed by atoms with van der Waals surface area (Å²) in [5.41, 5.74) is 0.356. The zero-order valence-corrected chi connectivity index (χ0v) is 12.7. The van der Waals surface area contributed by atoms with Crippen molar-refractivity contribution in [2.24, 2.45) is 0 Å². The molecule has 3 nitrogen and oxygen atoms in total. The van der Waals surface area contributed by atoms with Crippen LogP contribution in [-0.4, -0.2) is 41.9 Å². The standard InChI is InChI=1S/C12H12Br2FNO2/c13-6-11-7-18-2-1-16(11)12(17)8-3-9(14)5-10(15)4-8/h3-5,11H,1-2,6-7H2. The summed E-state index contributed by atoms with van der Waals surface area (Å²) in [7, 11) is 0. The second kappa shape index (κ2) is 6.12. The van der Waals surface area contributed by atoms with Gasteiger partial charge in [-0.3, -0.25) is 4.79 Å². The first-order valence-electron chi connectivity index (χ1n) is 5.52. The molecule has 0 radical (unpaired) electrons. The smallest absolute Gasteiger partial charge is 0.254 e. The van der Waals surface area contributed by atoms with Crippen LogP contribution in [0.15, 0.2) is 22.7 Å². The Hall–Kier alpha value is -0.460. The molecule has 1 unspecified atom stereocenters. The van der Waals surface area contributed by atoms with Gasteiger partial charge in [0.2, 0.25) is 0 Å². The Kier molecular flexibility index (Phi) is 4.75. The lowest BCUT2D eigenvalue weighted by Crippen LogP contribution is -2.49. The predicted molar refractivity (Wildman–Crippen MR) is 73.5 cm³/mol. The van der Waals surface area contributed by atoms with Crippen molar-refractivity contribution in [1.82, 2.24) is 4.90 Å². The number of ether oxygens (including phenoxy) is 1. The fourth-order valence-electron chi connectivity index (χ4n) is 1.89. The van der Waals surface area contributed by atoms with Gasteiger partial charge in [0.1, 0.15) is 5.82 Å². The second-order valence-corrected chi connectivity index (χ2v) is 5.60. The van der Waals surface area contributed by atoms with Gasteiger partial charge in [0.05, 0.1) is 19.3 Å². The number of alkyl halides is 1. The summed E-state index contributed by atoms with van der Waals surface area (Å²) in [6.07, 6.45) is 0. The maximum absolute atomic E-state index is 13.3. The number of morpholine rings is 1. The van der Waals surface area contributed by atoms with Crippen LogP contribution >= 0.6 is 31.9 Å². The average molecular weight is 381 g/mol. The lowest BCUT2D eigenvalue weighted by Gasteiger charge is -2.34. The largest absolute Gasteiger partial charge is 0.377 e. The van der Waals surface area contributed by atoms with Crippen molar-refractivity contribution >= 4 is 37.8 Å². The highest BCUT2D eigenvalue weighted by Gasteiger charge is 2.27. The molecule has 0 N–H and O–H groups in total. The predicted octanol–water partition coefficient (Wildman–Crippen LogP) is 2.82. The summed E-state index contributed by atoms with van der Waals surface area (Å²) in [5, 5.41) is 0.648. The van der Waals surface area contributed by atoms with Crippen LogP contribution in [0.1, 0.15) is 10.4 Å². The molecular weight excluding hydrogens is 369 g/mol. The molecule has 1 heterocycles. The molecule has 1 amide bonds. The number of carbonyl (C=O) groups is 1. The van der Waals surface area contributed by atoms with Crippen LogP contribution < -0.4 is 0 Å². The molecular formula is C12H12Br2FNO2. The third-order valence-corrected chi connectivity index (χ3v) is 3.98. The first-order chi connectivity index (χ1) is 8.61. The zero-order valence-electron chi connectivity index (χ0n) is 9.54. The van der Waals surface area contributed by atoms with Crippen LogP contribution in [0, 0.1) is 5.82 Å². The fourth-order valence-corrected chi connectivity index (χ4v) is 2.89. The van der Waals surface area contributed by atoms with Crippen molar-refractivity contribution < 1.29 is 13.9 Å². The molecule has 6 heteroatoms. The number of carbonyl (C=O) groups excluding carboxylic acids is 1. The van der Waals surface area contributed by atoms with Crippen molar-refractivity contribution in [3.63, 3.8) is 0 Å². The number of hydrogen-bond donors (Lipinski definition) is 0. The Morgan fingerprint density at radius 1 is 1.50 bits per heavy atom. The minimum atomic E-state index is -0.420. The highest BCUT2D eigenvalue weighted by Crippen LogP contribution is 2.19. The van der Waals surface area contributed by atoms with Gasteiger partial charge < -0.3 is 9.64 Å². The van der Waals surface area contributed by atoms with Gasteiger partial charge >= 0.3 is 0 Å². The molecule has 0 spiro atoms. The molecule has 2 rings (SSSR count). The van der Waals surface area contributed by atoms with Crippen LogP contribution in [0.2, 0.25) is 0 Å². The summed E-state index contributed by atoms with van der Waals surface area (Å²) in [6, 6.07) is 4.21. The molecule has 1 saturated heterocycles. The van der Waals surface area contributed by atoms with E-state index in [2.05, 4.69) is 31.9 Å². The highest BCUT2D eigenvalue weighted by atomic mass is 79.9. The molecule has 98 valence electrons. The van der Waals surface area contributed by atoms with E-state index in [1.165, 1.54) is 12.1 Å². The molecule has 1 aromatic carbocycles. The molecule has 0 bridgehead atoms. The van der Waals surface area contributed by atoms with Gasteiger partial charge in [-0.25, -0.2) is 4.39 Å². The number of halogens is 3. The molecule has 0 aromatic heterocycles. The van der Waals surface area contributed by atoms with E-state index in [9.17, 15) is 9.18 Å². The van der Waals surface area contributed by atoms with Crippen molar-refractivity contribution in [1.29, 1.82) is 0 Å². The van der Waals surface area contributed by atoms with Crippen LogP contribution in [0.4, 0.5) is 4.39 Å². The van der Waals surface area contributed by atoms with Gasteiger partial charge in [0, 0.05) is 21.9 Å². The van der Waals surface area contributed by atoms with E-state index in [1.54, 1.807) is 11.0 Å². The van der Waals surface area contributed by atoms with Crippen molar-refractivity contribution in [3.05, 3.63) is 34.1 Å². The van der Waals surface area contributed by atoms with Crippen molar-refractivity contribution in [2.45, 2.75) is 6.04 Å². The topological polar surface area (TPSA) is 29.5 Å². The third-order valence-electron chi connectivity index (χ3n) is 2.78. The Morgan fingerprint density at radius 2 is 2.28 bits per heavy atom. The lowest BCUT2D eigenvalue weighted by molar-refractivity contribution is 0.00522. The van der Waals surface area contributed by atoms with Gasteiger partial charge in [-0.1, -0.05) is 31.9 Å². The molecule has 1 aliphatic rings. The minimum absolute atomic E-state index is 0.00621. The van der Waals surface area contributed by atoms with E-state index in [0.29, 0.717) is 35.1 Å². The van der Waals surface area contributed by atoms with E-state index in [-0.39, 0.29) is 11.9 Å². The maximum Gasteiger partial charge on any atom is 0.254 e. The van der Waals surface area contributed by atoms with Crippen LogP contribution in [0.3, 0.4) is 0 Å². The minimum Gasteiger partial charge on any atom is -0.377 e. The number of rotatable bonds is 2. The lowest BCUT2D eigenvalue weighted by atomic mass is 10.1. The molecule has 0 saturated carbocycles. The van der Waals surface area contributed by atoms with Gasteiger partial charge in [0.25, 0.3) is 5.91 Å². The zero-order chi connectivity index (χ0) is 13.1. The van der Waals surface area contributed by atoms with Crippen LogP contribution in [0.25, 0.3) is 0 Å². The third kappa shape index (κ3) is 3.10. The van der Waals surface area contributed by atoms with Gasteiger partial charge in [-0.05, 0) is 18.2 Å². The molecule has 1 aliphatic heterocycles. The van der Waals surface area contributed by atoms with Crippen LogP contribution in [0.5, 0.6) is 0 Å².